The van der Waals surface area contributed by atoms with Gasteiger partial charge in [0.05, 0.1) is 29.5 Å². The second-order valence-corrected chi connectivity index (χ2v) is 6.55. The van der Waals surface area contributed by atoms with Gasteiger partial charge in [0.25, 0.3) is 9.05 Å². The first-order valence-electron chi connectivity index (χ1n) is 5.47. The normalized spacial score (nSPS) is 11.0. The molecule has 21 heavy (non-hydrogen) atoms. The molecule has 1 aromatic heterocycles. The van der Waals surface area contributed by atoms with E-state index in [9.17, 15) is 18.5 Å². The lowest BCUT2D eigenvalue weighted by Crippen LogP contribution is -2.01. The predicted octanol–water partition coefficient (Wildman–Crippen LogP) is 1.64. The van der Waals surface area contributed by atoms with Crippen molar-refractivity contribution in [2.75, 3.05) is 0 Å². The van der Waals surface area contributed by atoms with Crippen molar-refractivity contribution < 1.29 is 13.3 Å². The van der Waals surface area contributed by atoms with Crippen LogP contribution in [0.3, 0.4) is 0 Å². The van der Waals surface area contributed by atoms with Crippen LogP contribution in [-0.2, 0) is 15.6 Å². The molecule has 0 amide bonds. The zero-order chi connectivity index (χ0) is 15.6. The Balaban J connectivity index is 2.37. The summed E-state index contributed by atoms with van der Waals surface area (Å²) in [5.74, 6) is -0.821. The Morgan fingerprint density at radius 2 is 2.00 bits per heavy atom. The number of nitrogens with zero attached hydrogens (tertiary/aromatic N) is 4. The zero-order valence-electron chi connectivity index (χ0n) is 10.3. The zero-order valence-corrected chi connectivity index (χ0v) is 11.9. The lowest BCUT2D eigenvalue weighted by atomic mass is 10.1. The molecule has 0 unspecified atom stereocenters. The molecule has 10 heteroatoms. The van der Waals surface area contributed by atoms with Gasteiger partial charge < -0.3 is 10.1 Å². The smallest absolute Gasteiger partial charge is 0.358 e. The fraction of sp³-hybridized carbons (Fsp3) is 0.0909. The fourth-order valence-corrected chi connectivity index (χ4v) is 2.55. The minimum Gasteiger partial charge on any atom is -0.358 e. The number of nitro groups is 1. The Labute approximate surface area is 123 Å². The number of benzene rings is 1. The molecule has 0 radical (unpaired) electrons. The third-order valence-corrected chi connectivity index (χ3v) is 3.89. The summed E-state index contributed by atoms with van der Waals surface area (Å²) in [4.78, 5) is 9.23. The Morgan fingerprint density at radius 1 is 1.38 bits per heavy atom. The largest absolute Gasteiger partial charge is 0.410 e. The van der Waals surface area contributed by atoms with E-state index in [-0.39, 0.29) is 6.54 Å². The van der Waals surface area contributed by atoms with Crippen molar-refractivity contribution in [1.29, 1.82) is 5.26 Å². The van der Waals surface area contributed by atoms with Gasteiger partial charge in [-0.1, -0.05) is 12.1 Å². The van der Waals surface area contributed by atoms with Crippen LogP contribution in [-0.4, -0.2) is 23.1 Å². The number of aromatic nitrogens is 2. The maximum atomic E-state index is 11.3. The summed E-state index contributed by atoms with van der Waals surface area (Å²) in [6.07, 6.45) is 0.999. The van der Waals surface area contributed by atoms with E-state index in [1.165, 1.54) is 0 Å². The molecule has 0 atom stereocenters. The van der Waals surface area contributed by atoms with Crippen LogP contribution in [0, 0.1) is 21.4 Å². The van der Waals surface area contributed by atoms with Crippen LogP contribution in [0.15, 0.2) is 35.4 Å². The molecule has 0 spiro atoms. The van der Waals surface area contributed by atoms with Crippen molar-refractivity contribution >= 4 is 25.6 Å². The quantitative estimate of drug-likeness (QED) is 0.478. The first-order valence-corrected chi connectivity index (χ1v) is 7.78. The molecule has 108 valence electrons. The van der Waals surface area contributed by atoms with E-state index in [2.05, 4.69) is 5.10 Å². The Morgan fingerprint density at radius 3 is 2.43 bits per heavy atom. The van der Waals surface area contributed by atoms with Crippen LogP contribution in [0.5, 0.6) is 0 Å². The lowest BCUT2D eigenvalue weighted by molar-refractivity contribution is -0.392. The number of halogens is 1. The number of nitriles is 1. The minimum atomic E-state index is -4.26. The van der Waals surface area contributed by atoms with Crippen molar-refractivity contribution in [2.24, 2.45) is 0 Å². The van der Waals surface area contributed by atoms with Gasteiger partial charge in [-0.3, -0.25) is 0 Å². The van der Waals surface area contributed by atoms with Gasteiger partial charge in [-0.2, -0.15) is 9.94 Å². The maximum Gasteiger partial charge on any atom is 0.410 e. The molecule has 0 saturated carbocycles. The van der Waals surface area contributed by atoms with E-state index < -0.39 is 24.7 Å². The van der Waals surface area contributed by atoms with Crippen LogP contribution in [0.25, 0.3) is 0 Å². The van der Waals surface area contributed by atoms with E-state index in [0.717, 1.165) is 10.9 Å². The van der Waals surface area contributed by atoms with Gasteiger partial charge in [0.15, 0.2) is 0 Å². The lowest BCUT2D eigenvalue weighted by Gasteiger charge is -1.98. The van der Waals surface area contributed by atoms with Crippen LogP contribution in [0.1, 0.15) is 11.1 Å². The van der Waals surface area contributed by atoms with E-state index in [1.807, 2.05) is 6.07 Å². The number of rotatable bonds is 4. The maximum absolute atomic E-state index is 11.3. The molecule has 0 aliphatic rings. The number of hydrogen-bond donors (Lipinski definition) is 0. The summed E-state index contributed by atoms with van der Waals surface area (Å²) in [5.41, 5.74) is 1.17. The van der Waals surface area contributed by atoms with E-state index in [4.69, 9.17) is 15.9 Å². The fourth-order valence-electron chi connectivity index (χ4n) is 1.64. The van der Waals surface area contributed by atoms with Gasteiger partial charge in [-0.15, -0.1) is 0 Å². The van der Waals surface area contributed by atoms with Crippen LogP contribution in [0.2, 0.25) is 0 Å². The van der Waals surface area contributed by atoms with E-state index in [1.54, 1.807) is 24.3 Å². The van der Waals surface area contributed by atoms with Gasteiger partial charge in [-0.25, -0.2) is 8.42 Å². The molecule has 8 nitrogen and oxygen atoms in total. The van der Waals surface area contributed by atoms with Crippen molar-refractivity contribution in [2.45, 2.75) is 11.4 Å². The summed E-state index contributed by atoms with van der Waals surface area (Å²) < 4.78 is 23.7. The van der Waals surface area contributed by atoms with Gasteiger partial charge in [0, 0.05) is 10.7 Å². The SMILES string of the molecule is N#Cc1ccc(Cn2cc(S(=O)(=O)Cl)c([N+](=O)[O-])n2)cc1. The first-order chi connectivity index (χ1) is 9.81. The molecular formula is C11H7ClN4O4S. The standard InChI is InChI=1S/C11H7ClN4O4S/c12-21(19,20)10-7-15(14-11(10)16(17)18)6-9-3-1-8(5-13)2-4-9/h1-4,7H,6H2. The Hall–Kier alpha value is -2.44. The van der Waals surface area contributed by atoms with Gasteiger partial charge in [-0.05, 0) is 22.6 Å². The van der Waals surface area contributed by atoms with Gasteiger partial charge >= 0.3 is 5.82 Å². The van der Waals surface area contributed by atoms with Gasteiger partial charge in [0.1, 0.15) is 0 Å². The van der Waals surface area contributed by atoms with E-state index in [0.29, 0.717) is 11.1 Å². The summed E-state index contributed by atoms with van der Waals surface area (Å²) in [6, 6.07) is 8.39. The molecule has 0 fully saturated rings. The summed E-state index contributed by atoms with van der Waals surface area (Å²) in [6.45, 7) is 0.110. The summed E-state index contributed by atoms with van der Waals surface area (Å²) >= 11 is 0. The highest BCUT2D eigenvalue weighted by Gasteiger charge is 2.29. The highest BCUT2D eigenvalue weighted by molar-refractivity contribution is 8.13. The van der Waals surface area contributed by atoms with Crippen molar-refractivity contribution in [3.63, 3.8) is 0 Å². The highest BCUT2D eigenvalue weighted by Crippen LogP contribution is 2.25. The van der Waals surface area contributed by atoms with Crippen LogP contribution in [0.4, 0.5) is 5.82 Å². The monoisotopic (exact) mass is 326 g/mol. The molecule has 0 N–H and O–H groups in total. The molecular weight excluding hydrogens is 320 g/mol. The number of hydrogen-bond acceptors (Lipinski definition) is 6. The average molecular weight is 327 g/mol. The van der Waals surface area contributed by atoms with Crippen molar-refractivity contribution in [3.05, 3.63) is 51.7 Å². The Bertz CT molecular complexity index is 836. The average Bonchev–Trinajstić information content (AvgIpc) is 2.84. The van der Waals surface area contributed by atoms with E-state index >= 15 is 0 Å². The molecule has 0 aliphatic carbocycles. The molecule has 1 heterocycles. The summed E-state index contributed by atoms with van der Waals surface area (Å²) in [7, 11) is 0.886. The second kappa shape index (κ2) is 5.51. The molecule has 0 bridgehead atoms. The molecule has 0 saturated heterocycles. The van der Waals surface area contributed by atoms with Gasteiger partial charge in [0.2, 0.25) is 4.90 Å². The first kappa shape index (κ1) is 15.0. The van der Waals surface area contributed by atoms with Crippen molar-refractivity contribution in [1.82, 2.24) is 9.78 Å². The van der Waals surface area contributed by atoms with Crippen molar-refractivity contribution in [3.8, 4) is 6.07 Å². The molecule has 2 rings (SSSR count). The topological polar surface area (TPSA) is 119 Å². The third kappa shape index (κ3) is 3.36. The summed E-state index contributed by atoms with van der Waals surface area (Å²) in [5, 5.41) is 23.1. The predicted molar refractivity (Wildman–Crippen MR) is 72.2 cm³/mol. The highest BCUT2D eigenvalue weighted by atomic mass is 35.7. The molecule has 0 aliphatic heterocycles. The third-order valence-electron chi connectivity index (χ3n) is 2.57. The van der Waals surface area contributed by atoms with Crippen LogP contribution >= 0.6 is 10.7 Å². The molecule has 1 aromatic carbocycles. The Kier molecular flexibility index (Phi) is 3.93. The minimum absolute atomic E-state index is 0.110. The second-order valence-electron chi connectivity index (χ2n) is 4.02. The van der Waals surface area contributed by atoms with Crippen LogP contribution < -0.4 is 0 Å². The molecule has 2 aromatic rings.